The highest BCUT2D eigenvalue weighted by atomic mass is 16.5. The van der Waals surface area contributed by atoms with Gasteiger partial charge in [-0.25, -0.2) is 0 Å². The van der Waals surface area contributed by atoms with Crippen molar-refractivity contribution < 1.29 is 23.7 Å². The highest BCUT2D eigenvalue weighted by Gasteiger charge is 2.15. The van der Waals surface area contributed by atoms with Gasteiger partial charge in [0.25, 0.3) is 0 Å². The van der Waals surface area contributed by atoms with Crippen LogP contribution in [0.25, 0.3) is 0 Å². The van der Waals surface area contributed by atoms with Crippen molar-refractivity contribution >= 4 is 5.97 Å². The van der Waals surface area contributed by atoms with Gasteiger partial charge in [-0.15, -0.1) is 0 Å². The van der Waals surface area contributed by atoms with Gasteiger partial charge >= 0.3 is 5.97 Å². The summed E-state index contributed by atoms with van der Waals surface area (Å²) in [6.45, 7) is 15.5. The first-order valence-corrected chi connectivity index (χ1v) is 14.2. The summed E-state index contributed by atoms with van der Waals surface area (Å²) < 4.78 is 22.0. The van der Waals surface area contributed by atoms with Gasteiger partial charge in [0.2, 0.25) is 0 Å². The van der Waals surface area contributed by atoms with Gasteiger partial charge in [-0.3, -0.25) is 4.79 Å². The van der Waals surface area contributed by atoms with Crippen LogP contribution in [-0.2, 0) is 23.7 Å². The van der Waals surface area contributed by atoms with E-state index in [0.29, 0.717) is 63.8 Å². The molecule has 0 rings (SSSR count). The lowest BCUT2D eigenvalue weighted by Crippen LogP contribution is -2.14. The Hall–Kier alpha value is -0.650. The van der Waals surface area contributed by atoms with Gasteiger partial charge in [-0.05, 0) is 37.0 Å². The normalized spacial score (nSPS) is 12.7. The maximum atomic E-state index is 11.8. The SMILES string of the molecule is CCCCCCCCCCCCOCCOCCOCCCC(=O)OCCC(C)CC(C)(C)C. The molecule has 0 spiro atoms. The number of rotatable bonds is 25. The third-order valence-corrected chi connectivity index (χ3v) is 5.89. The first-order valence-electron chi connectivity index (χ1n) is 14.2. The predicted octanol–water partition coefficient (Wildman–Crippen LogP) is 7.74. The second-order valence-electron chi connectivity index (χ2n) is 11.0. The molecule has 0 bridgehead atoms. The molecule has 204 valence electrons. The summed E-state index contributed by atoms with van der Waals surface area (Å²) in [7, 11) is 0. The monoisotopic (exact) mass is 486 g/mol. The maximum absolute atomic E-state index is 11.8. The van der Waals surface area contributed by atoms with Crippen LogP contribution < -0.4 is 0 Å². The van der Waals surface area contributed by atoms with Crippen molar-refractivity contribution in [1.82, 2.24) is 0 Å². The molecule has 0 aliphatic rings. The minimum atomic E-state index is -0.123. The van der Waals surface area contributed by atoms with E-state index < -0.39 is 0 Å². The number of carbonyl (C=O) groups excluding carboxylic acids is 1. The molecule has 1 atom stereocenters. The minimum absolute atomic E-state index is 0.123. The lowest BCUT2D eigenvalue weighted by Gasteiger charge is -2.22. The summed E-state index contributed by atoms with van der Waals surface area (Å²) in [5.74, 6) is 0.448. The van der Waals surface area contributed by atoms with Crippen LogP contribution in [0.1, 0.15) is 125 Å². The largest absolute Gasteiger partial charge is 0.466 e. The molecule has 1 unspecified atom stereocenters. The Balaban J connectivity index is 3.22. The van der Waals surface area contributed by atoms with Gasteiger partial charge in [0.1, 0.15) is 0 Å². The van der Waals surface area contributed by atoms with Crippen molar-refractivity contribution in [1.29, 1.82) is 0 Å². The van der Waals surface area contributed by atoms with Gasteiger partial charge in [-0.2, -0.15) is 0 Å². The van der Waals surface area contributed by atoms with Crippen LogP contribution in [0.3, 0.4) is 0 Å². The second-order valence-corrected chi connectivity index (χ2v) is 11.0. The Morgan fingerprint density at radius 1 is 0.647 bits per heavy atom. The van der Waals surface area contributed by atoms with Crippen molar-refractivity contribution in [3.05, 3.63) is 0 Å². The fraction of sp³-hybridized carbons (Fsp3) is 0.966. The van der Waals surface area contributed by atoms with Crippen molar-refractivity contribution in [2.75, 3.05) is 46.2 Å². The molecular weight excluding hydrogens is 428 g/mol. The van der Waals surface area contributed by atoms with Gasteiger partial charge in [0.05, 0.1) is 33.0 Å². The maximum Gasteiger partial charge on any atom is 0.305 e. The van der Waals surface area contributed by atoms with Crippen LogP contribution in [0.4, 0.5) is 0 Å². The quantitative estimate of drug-likeness (QED) is 0.0975. The van der Waals surface area contributed by atoms with E-state index in [-0.39, 0.29) is 5.97 Å². The lowest BCUT2D eigenvalue weighted by molar-refractivity contribution is -0.144. The summed E-state index contributed by atoms with van der Waals surface area (Å²) in [4.78, 5) is 11.8. The minimum Gasteiger partial charge on any atom is -0.466 e. The van der Waals surface area contributed by atoms with E-state index >= 15 is 0 Å². The van der Waals surface area contributed by atoms with Gasteiger partial charge in [0, 0.05) is 19.6 Å². The van der Waals surface area contributed by atoms with E-state index in [1.165, 1.54) is 57.8 Å². The highest BCUT2D eigenvalue weighted by Crippen LogP contribution is 2.25. The third-order valence-electron chi connectivity index (χ3n) is 5.89. The molecule has 5 nitrogen and oxygen atoms in total. The summed E-state index contributed by atoms with van der Waals surface area (Å²) in [5.41, 5.74) is 0.323. The zero-order valence-corrected chi connectivity index (χ0v) is 23.5. The zero-order valence-electron chi connectivity index (χ0n) is 23.5. The number of esters is 1. The lowest BCUT2D eigenvalue weighted by atomic mass is 9.84. The Morgan fingerprint density at radius 3 is 1.65 bits per heavy atom. The summed E-state index contributed by atoms with van der Waals surface area (Å²) in [6.07, 6.45) is 16.6. The average molecular weight is 487 g/mol. The van der Waals surface area contributed by atoms with E-state index in [0.717, 1.165) is 25.9 Å². The van der Waals surface area contributed by atoms with Gasteiger partial charge < -0.3 is 18.9 Å². The molecule has 0 saturated carbocycles. The fourth-order valence-corrected chi connectivity index (χ4v) is 4.15. The second kappa shape index (κ2) is 24.1. The van der Waals surface area contributed by atoms with Crippen LogP contribution in [0.15, 0.2) is 0 Å². The summed E-state index contributed by atoms with van der Waals surface area (Å²) in [6, 6.07) is 0. The van der Waals surface area contributed by atoms with Crippen molar-refractivity contribution in [3.63, 3.8) is 0 Å². The molecule has 0 heterocycles. The van der Waals surface area contributed by atoms with E-state index in [9.17, 15) is 4.79 Å². The molecule has 0 aromatic rings. The molecule has 0 fully saturated rings. The molecule has 0 aromatic carbocycles. The number of hydrogen-bond donors (Lipinski definition) is 0. The Labute approximate surface area is 212 Å². The van der Waals surface area contributed by atoms with Crippen LogP contribution in [0.5, 0.6) is 0 Å². The molecular formula is C29H58O5. The molecule has 0 radical (unpaired) electrons. The molecule has 5 heteroatoms. The van der Waals surface area contributed by atoms with E-state index in [2.05, 4.69) is 34.6 Å². The molecule has 34 heavy (non-hydrogen) atoms. The topological polar surface area (TPSA) is 54.0 Å². The molecule has 0 N–H and O–H groups in total. The fourth-order valence-electron chi connectivity index (χ4n) is 4.15. The molecule has 0 amide bonds. The molecule has 0 saturated heterocycles. The highest BCUT2D eigenvalue weighted by molar-refractivity contribution is 5.69. The Kier molecular flexibility index (Phi) is 23.6. The van der Waals surface area contributed by atoms with Crippen molar-refractivity contribution in [3.8, 4) is 0 Å². The van der Waals surface area contributed by atoms with Crippen LogP contribution in [-0.4, -0.2) is 52.2 Å². The average Bonchev–Trinajstić information content (AvgIpc) is 2.76. The molecule has 0 aromatic heterocycles. The number of hydrogen-bond acceptors (Lipinski definition) is 5. The number of carbonyl (C=O) groups is 1. The van der Waals surface area contributed by atoms with Crippen LogP contribution >= 0.6 is 0 Å². The Bertz CT molecular complexity index is 433. The van der Waals surface area contributed by atoms with Crippen molar-refractivity contribution in [2.24, 2.45) is 11.3 Å². The smallest absolute Gasteiger partial charge is 0.305 e. The predicted molar refractivity (Wildman–Crippen MR) is 142 cm³/mol. The third kappa shape index (κ3) is 27.6. The van der Waals surface area contributed by atoms with Gasteiger partial charge in [0.15, 0.2) is 0 Å². The number of ether oxygens (including phenoxy) is 4. The summed E-state index contributed by atoms with van der Waals surface area (Å²) >= 11 is 0. The molecule has 0 aliphatic carbocycles. The zero-order chi connectivity index (χ0) is 25.3. The van der Waals surface area contributed by atoms with Crippen LogP contribution in [0, 0.1) is 11.3 Å². The van der Waals surface area contributed by atoms with Crippen molar-refractivity contribution in [2.45, 2.75) is 125 Å². The van der Waals surface area contributed by atoms with E-state index in [1.807, 2.05) is 0 Å². The van der Waals surface area contributed by atoms with Gasteiger partial charge in [-0.1, -0.05) is 92.4 Å². The first-order chi connectivity index (χ1) is 16.3. The van der Waals surface area contributed by atoms with E-state index in [1.54, 1.807) is 0 Å². The summed E-state index contributed by atoms with van der Waals surface area (Å²) in [5, 5.41) is 0. The Morgan fingerprint density at radius 2 is 1.12 bits per heavy atom. The number of unbranched alkanes of at least 4 members (excludes halogenated alkanes) is 9. The first kappa shape index (κ1) is 33.4. The standard InChI is InChI=1S/C29H58O5/c1-6-7-8-9-10-11-12-13-14-15-19-31-22-24-33-25-23-32-20-16-17-28(30)34-21-18-27(2)26-29(3,4)5/h27H,6-26H2,1-5H3. The van der Waals surface area contributed by atoms with Crippen LogP contribution in [0.2, 0.25) is 0 Å². The van der Waals surface area contributed by atoms with E-state index in [4.69, 9.17) is 18.9 Å². The molecule has 0 aliphatic heterocycles.